The second-order valence-electron chi connectivity index (χ2n) is 5.77. The smallest absolute Gasteiger partial charge is 0.408 e. The number of carbonyl (C=O) groups excluding carboxylic acids is 2. The fraction of sp³-hybridized carbons (Fsp3) is 0.714. The summed E-state index contributed by atoms with van der Waals surface area (Å²) < 4.78 is 8.10. The van der Waals surface area contributed by atoms with Gasteiger partial charge in [0, 0.05) is 6.54 Å². The van der Waals surface area contributed by atoms with Gasteiger partial charge in [-0.2, -0.15) is 0 Å². The lowest BCUT2D eigenvalue weighted by Crippen LogP contribution is -2.40. The molecule has 1 atom stereocenters. The monoisotopic (exact) mass is 404 g/mol. The van der Waals surface area contributed by atoms with Crippen LogP contribution < -0.4 is 10.6 Å². The second kappa shape index (κ2) is 10.9. The molecule has 2 amide bonds. The van der Waals surface area contributed by atoms with E-state index in [4.69, 9.17) is 39.5 Å². The Kier molecular flexibility index (Phi) is 10.5. The Balaban J connectivity index is 4.02. The van der Waals surface area contributed by atoms with Crippen LogP contribution in [-0.2, 0) is 9.47 Å². The van der Waals surface area contributed by atoms with Crippen molar-refractivity contribution >= 4 is 47.0 Å². The standard InChI is InChI=1S/C14H23Cl3N2O5/c1-13(2,3)24-12(22)19-10(8-20)6-4-5-7-18-11(21)23-9-14(15,16)17/h4,6,10,20H,5,7-9H2,1-3H3,(H,18,21)(H,19,22)/b6-4+/t10-/m0/s1. The Labute approximate surface area is 156 Å². The number of nitrogens with one attached hydrogen (secondary N) is 2. The number of ether oxygens (including phenoxy) is 2. The average Bonchev–Trinajstić information content (AvgIpc) is 2.40. The Hall–Kier alpha value is -0.890. The Morgan fingerprint density at radius 1 is 1.21 bits per heavy atom. The van der Waals surface area contributed by atoms with Crippen molar-refractivity contribution in [2.24, 2.45) is 0 Å². The molecule has 0 fully saturated rings. The lowest BCUT2D eigenvalue weighted by Gasteiger charge is -2.21. The van der Waals surface area contributed by atoms with Gasteiger partial charge in [-0.25, -0.2) is 9.59 Å². The van der Waals surface area contributed by atoms with Gasteiger partial charge in [-0.15, -0.1) is 0 Å². The predicted molar refractivity (Wildman–Crippen MR) is 93.6 cm³/mol. The van der Waals surface area contributed by atoms with Crippen molar-refractivity contribution in [2.75, 3.05) is 19.8 Å². The van der Waals surface area contributed by atoms with E-state index < -0.39 is 27.6 Å². The summed E-state index contributed by atoms with van der Waals surface area (Å²) in [6.45, 7) is 4.86. The largest absolute Gasteiger partial charge is 0.445 e. The van der Waals surface area contributed by atoms with Gasteiger partial charge in [-0.1, -0.05) is 47.0 Å². The van der Waals surface area contributed by atoms with E-state index in [1.165, 1.54) is 0 Å². The van der Waals surface area contributed by atoms with E-state index in [1.807, 2.05) is 0 Å². The maximum atomic E-state index is 11.6. The number of aliphatic hydroxyl groups excluding tert-OH is 1. The Bertz CT molecular complexity index is 433. The number of carbonyl (C=O) groups is 2. The summed E-state index contributed by atoms with van der Waals surface area (Å²) >= 11 is 16.3. The third kappa shape index (κ3) is 14.7. The van der Waals surface area contributed by atoms with Gasteiger partial charge in [0.15, 0.2) is 0 Å². The molecule has 0 unspecified atom stereocenters. The molecule has 0 aliphatic rings. The van der Waals surface area contributed by atoms with Gasteiger partial charge in [0.05, 0.1) is 12.6 Å². The molecule has 0 rings (SSSR count). The van der Waals surface area contributed by atoms with Crippen molar-refractivity contribution in [1.82, 2.24) is 10.6 Å². The fourth-order valence-electron chi connectivity index (χ4n) is 1.33. The number of alkyl carbamates (subject to hydrolysis) is 2. The van der Waals surface area contributed by atoms with Crippen molar-refractivity contribution < 1.29 is 24.2 Å². The first kappa shape index (κ1) is 23.1. The van der Waals surface area contributed by atoms with Crippen LogP contribution in [0.5, 0.6) is 0 Å². The molecule has 0 aromatic heterocycles. The summed E-state index contributed by atoms with van der Waals surface area (Å²) in [4.78, 5) is 22.8. The molecule has 0 bridgehead atoms. The maximum Gasteiger partial charge on any atom is 0.408 e. The van der Waals surface area contributed by atoms with Crippen LogP contribution in [0.25, 0.3) is 0 Å². The molecule has 3 N–H and O–H groups in total. The summed E-state index contributed by atoms with van der Waals surface area (Å²) in [7, 11) is 0. The van der Waals surface area contributed by atoms with Gasteiger partial charge in [-0.3, -0.25) is 0 Å². The van der Waals surface area contributed by atoms with Crippen molar-refractivity contribution in [3.05, 3.63) is 12.2 Å². The van der Waals surface area contributed by atoms with Crippen LogP contribution in [0.2, 0.25) is 0 Å². The van der Waals surface area contributed by atoms with E-state index in [-0.39, 0.29) is 19.8 Å². The zero-order chi connectivity index (χ0) is 18.8. The van der Waals surface area contributed by atoms with Gasteiger partial charge in [0.1, 0.15) is 12.2 Å². The molecule has 0 heterocycles. The van der Waals surface area contributed by atoms with Crippen LogP contribution in [0, 0.1) is 0 Å². The molecule has 10 heteroatoms. The summed E-state index contributed by atoms with van der Waals surface area (Å²) in [5.41, 5.74) is -0.620. The second-order valence-corrected chi connectivity index (χ2v) is 8.29. The highest BCUT2D eigenvalue weighted by molar-refractivity contribution is 6.67. The molecule has 140 valence electrons. The minimum Gasteiger partial charge on any atom is -0.445 e. The number of hydrogen-bond donors (Lipinski definition) is 3. The summed E-state index contributed by atoms with van der Waals surface area (Å²) in [6.07, 6.45) is 2.40. The normalized spacial score (nSPS) is 13.5. The fourth-order valence-corrected chi connectivity index (χ4v) is 1.49. The molecule has 0 aliphatic carbocycles. The Morgan fingerprint density at radius 2 is 1.83 bits per heavy atom. The quantitative estimate of drug-likeness (QED) is 0.344. The lowest BCUT2D eigenvalue weighted by atomic mass is 10.2. The third-order valence-electron chi connectivity index (χ3n) is 2.21. The summed E-state index contributed by atoms with van der Waals surface area (Å²) in [5, 5.41) is 14.2. The topological polar surface area (TPSA) is 96.9 Å². The van der Waals surface area contributed by atoms with Gasteiger partial charge in [0.25, 0.3) is 0 Å². The first-order valence-corrected chi connectivity index (χ1v) is 8.31. The van der Waals surface area contributed by atoms with Gasteiger partial charge >= 0.3 is 12.2 Å². The van der Waals surface area contributed by atoms with Crippen LogP contribution in [0.4, 0.5) is 9.59 Å². The Morgan fingerprint density at radius 3 is 2.33 bits per heavy atom. The van der Waals surface area contributed by atoms with Crippen LogP contribution in [0.3, 0.4) is 0 Å². The molecule has 0 aromatic carbocycles. The molecule has 0 aliphatic heterocycles. The highest BCUT2D eigenvalue weighted by Gasteiger charge is 2.22. The molecule has 0 spiro atoms. The highest BCUT2D eigenvalue weighted by atomic mass is 35.6. The molecule has 7 nitrogen and oxygen atoms in total. The van der Waals surface area contributed by atoms with E-state index in [0.29, 0.717) is 6.42 Å². The van der Waals surface area contributed by atoms with Crippen LogP contribution >= 0.6 is 34.8 Å². The zero-order valence-corrected chi connectivity index (χ0v) is 16.0. The number of halogens is 3. The highest BCUT2D eigenvalue weighted by Crippen LogP contribution is 2.25. The van der Waals surface area contributed by atoms with Gasteiger partial charge in [-0.05, 0) is 27.2 Å². The van der Waals surface area contributed by atoms with E-state index in [2.05, 4.69) is 15.4 Å². The SMILES string of the molecule is CC(C)(C)OC(=O)N[C@@H](/C=C/CCNC(=O)OCC(Cl)(Cl)Cl)CO. The predicted octanol–water partition coefficient (Wildman–Crippen LogP) is 2.91. The van der Waals surface area contributed by atoms with Crippen molar-refractivity contribution in [1.29, 1.82) is 0 Å². The first-order valence-electron chi connectivity index (χ1n) is 7.17. The zero-order valence-electron chi connectivity index (χ0n) is 13.8. The first-order chi connectivity index (χ1) is 10.9. The van der Waals surface area contributed by atoms with Crippen molar-refractivity contribution in [3.8, 4) is 0 Å². The van der Waals surface area contributed by atoms with Crippen LogP contribution in [-0.4, -0.2) is 52.5 Å². The minimum atomic E-state index is -1.65. The molecule has 0 aromatic rings. The van der Waals surface area contributed by atoms with E-state index in [9.17, 15) is 14.7 Å². The summed E-state index contributed by atoms with van der Waals surface area (Å²) in [5.74, 6) is 0. The third-order valence-corrected chi connectivity index (χ3v) is 2.54. The van der Waals surface area contributed by atoms with Crippen LogP contribution in [0.1, 0.15) is 27.2 Å². The maximum absolute atomic E-state index is 11.6. The lowest BCUT2D eigenvalue weighted by molar-refractivity contribution is 0.0498. The molecule has 0 saturated carbocycles. The average molecular weight is 406 g/mol. The molecule has 0 radical (unpaired) electrons. The van der Waals surface area contributed by atoms with E-state index >= 15 is 0 Å². The van der Waals surface area contributed by atoms with E-state index in [1.54, 1.807) is 32.9 Å². The van der Waals surface area contributed by atoms with Crippen molar-refractivity contribution in [3.63, 3.8) is 0 Å². The number of aliphatic hydroxyl groups is 1. The number of amides is 2. The van der Waals surface area contributed by atoms with Crippen LogP contribution in [0.15, 0.2) is 12.2 Å². The van der Waals surface area contributed by atoms with Gasteiger partial charge < -0.3 is 25.2 Å². The van der Waals surface area contributed by atoms with E-state index in [0.717, 1.165) is 0 Å². The van der Waals surface area contributed by atoms with Gasteiger partial charge in [0.2, 0.25) is 3.79 Å². The molecule has 0 saturated heterocycles. The minimum absolute atomic E-state index is 0.278. The van der Waals surface area contributed by atoms with Crippen molar-refractivity contribution in [2.45, 2.75) is 42.6 Å². The number of rotatable bonds is 7. The molecule has 24 heavy (non-hydrogen) atoms. The number of alkyl halides is 3. The summed E-state index contributed by atoms with van der Waals surface area (Å²) in [6, 6.07) is -0.587. The number of hydrogen-bond acceptors (Lipinski definition) is 5. The molecular formula is C14H23Cl3N2O5. The molecular weight excluding hydrogens is 383 g/mol.